The fourth-order valence-electron chi connectivity index (χ4n) is 5.38. The standard InChI is InChI=1S/C27H38N4O2/c1-19(28-2)26(32)30-25(22-12-7-4-8-13-22)27(33)31-15-9-14-24(31)23-17-21(18-29-23)16-20-10-5-3-6-11-20/h3,5-6,10-11,17-19,22,24-25,28-29H,4,7-9,12-16H2,1-2H3,(H,30,32)/t19-,24-,25-/m0/s1. The van der Waals surface area contributed by atoms with Gasteiger partial charge in [-0.05, 0) is 69.2 Å². The molecule has 6 heteroatoms. The molecule has 3 atom stereocenters. The van der Waals surface area contributed by atoms with Gasteiger partial charge < -0.3 is 20.5 Å². The molecule has 33 heavy (non-hydrogen) atoms. The molecule has 0 unspecified atom stereocenters. The first kappa shape index (κ1) is 23.6. The van der Waals surface area contributed by atoms with Gasteiger partial charge in [-0.1, -0.05) is 49.6 Å². The van der Waals surface area contributed by atoms with Crippen molar-refractivity contribution < 1.29 is 9.59 Å². The van der Waals surface area contributed by atoms with Crippen molar-refractivity contribution >= 4 is 11.8 Å². The minimum absolute atomic E-state index is 0.0479. The van der Waals surface area contributed by atoms with Crippen LogP contribution in [0.15, 0.2) is 42.6 Å². The lowest BCUT2D eigenvalue weighted by molar-refractivity contribution is -0.139. The minimum Gasteiger partial charge on any atom is -0.363 e. The van der Waals surface area contributed by atoms with E-state index in [1.54, 1.807) is 7.05 Å². The van der Waals surface area contributed by atoms with Crippen molar-refractivity contribution in [3.63, 3.8) is 0 Å². The molecule has 4 rings (SSSR count). The third-order valence-electron chi connectivity index (χ3n) is 7.42. The van der Waals surface area contributed by atoms with E-state index in [1.165, 1.54) is 17.5 Å². The lowest BCUT2D eigenvalue weighted by Crippen LogP contribution is -2.55. The SMILES string of the molecule is CN[C@@H](C)C(=O)N[C@H](C(=O)N1CCC[C@H]1c1cc(Cc2ccccc2)c[nH]1)C1CCCCC1. The van der Waals surface area contributed by atoms with Crippen LogP contribution in [0.4, 0.5) is 0 Å². The molecule has 2 heterocycles. The Bertz CT molecular complexity index is 919. The van der Waals surface area contributed by atoms with E-state index in [1.807, 2.05) is 17.9 Å². The smallest absolute Gasteiger partial charge is 0.246 e. The molecule has 178 valence electrons. The van der Waals surface area contributed by atoms with Crippen LogP contribution in [-0.2, 0) is 16.0 Å². The molecular formula is C27H38N4O2. The summed E-state index contributed by atoms with van der Waals surface area (Å²) in [5.74, 6) is 0.209. The van der Waals surface area contributed by atoms with E-state index in [2.05, 4.69) is 52.1 Å². The van der Waals surface area contributed by atoms with Crippen molar-refractivity contribution in [2.45, 2.75) is 76.4 Å². The predicted octanol–water partition coefficient (Wildman–Crippen LogP) is 3.94. The molecule has 0 spiro atoms. The lowest BCUT2D eigenvalue weighted by atomic mass is 9.83. The van der Waals surface area contributed by atoms with Crippen LogP contribution in [0.3, 0.4) is 0 Å². The predicted molar refractivity (Wildman–Crippen MR) is 131 cm³/mol. The van der Waals surface area contributed by atoms with Gasteiger partial charge in [-0.2, -0.15) is 0 Å². The zero-order chi connectivity index (χ0) is 23.2. The number of H-pyrrole nitrogens is 1. The van der Waals surface area contributed by atoms with Crippen molar-refractivity contribution in [1.29, 1.82) is 0 Å². The zero-order valence-electron chi connectivity index (χ0n) is 20.0. The van der Waals surface area contributed by atoms with Crippen LogP contribution in [0, 0.1) is 5.92 Å². The molecule has 6 nitrogen and oxygen atoms in total. The maximum Gasteiger partial charge on any atom is 0.246 e. The molecule has 1 aliphatic carbocycles. The number of likely N-dealkylation sites (tertiary alicyclic amines) is 1. The summed E-state index contributed by atoms with van der Waals surface area (Å²) in [5, 5.41) is 6.12. The van der Waals surface area contributed by atoms with Gasteiger partial charge in [0.15, 0.2) is 0 Å². The van der Waals surface area contributed by atoms with E-state index in [0.717, 1.165) is 57.2 Å². The number of rotatable bonds is 8. The number of aromatic nitrogens is 1. The average molecular weight is 451 g/mol. The Labute approximate surface area is 197 Å². The molecule has 2 amide bonds. The first-order valence-corrected chi connectivity index (χ1v) is 12.6. The number of aromatic amines is 1. The molecular weight excluding hydrogens is 412 g/mol. The number of likely N-dealkylation sites (N-methyl/N-ethyl adjacent to an activating group) is 1. The molecule has 3 N–H and O–H groups in total. The first-order valence-electron chi connectivity index (χ1n) is 12.6. The lowest BCUT2D eigenvalue weighted by Gasteiger charge is -2.35. The second-order valence-corrected chi connectivity index (χ2v) is 9.71. The molecule has 1 saturated heterocycles. The molecule has 1 saturated carbocycles. The fourth-order valence-corrected chi connectivity index (χ4v) is 5.38. The van der Waals surface area contributed by atoms with Gasteiger partial charge in [-0.3, -0.25) is 9.59 Å². The van der Waals surface area contributed by atoms with Gasteiger partial charge >= 0.3 is 0 Å². The van der Waals surface area contributed by atoms with Crippen LogP contribution >= 0.6 is 0 Å². The quantitative estimate of drug-likeness (QED) is 0.570. The molecule has 1 aromatic heterocycles. The normalized spacial score (nSPS) is 21.0. The Hall–Kier alpha value is -2.60. The number of carbonyl (C=O) groups is 2. The maximum absolute atomic E-state index is 13.8. The molecule has 1 aliphatic heterocycles. The number of amides is 2. The Morgan fingerprint density at radius 1 is 1.06 bits per heavy atom. The summed E-state index contributed by atoms with van der Waals surface area (Å²) in [6.07, 6.45) is 10.4. The van der Waals surface area contributed by atoms with Crippen molar-refractivity contribution in [1.82, 2.24) is 20.5 Å². The van der Waals surface area contributed by atoms with Gasteiger partial charge in [0.05, 0.1) is 12.1 Å². The van der Waals surface area contributed by atoms with Gasteiger partial charge in [0.25, 0.3) is 0 Å². The number of hydrogen-bond donors (Lipinski definition) is 3. The number of hydrogen-bond acceptors (Lipinski definition) is 3. The molecule has 1 aromatic carbocycles. The third kappa shape index (κ3) is 5.67. The summed E-state index contributed by atoms with van der Waals surface area (Å²) in [6, 6.07) is 11.9. The van der Waals surface area contributed by atoms with Crippen molar-refractivity contribution in [3.8, 4) is 0 Å². The van der Waals surface area contributed by atoms with Gasteiger partial charge in [-0.15, -0.1) is 0 Å². The van der Waals surface area contributed by atoms with Gasteiger partial charge in [-0.25, -0.2) is 0 Å². The van der Waals surface area contributed by atoms with Crippen molar-refractivity contribution in [3.05, 3.63) is 59.4 Å². The Morgan fingerprint density at radius 2 is 1.82 bits per heavy atom. The highest BCUT2D eigenvalue weighted by Crippen LogP contribution is 2.35. The van der Waals surface area contributed by atoms with E-state index >= 15 is 0 Å². The topological polar surface area (TPSA) is 77.2 Å². The van der Waals surface area contributed by atoms with Crippen LogP contribution in [0.5, 0.6) is 0 Å². The van der Waals surface area contributed by atoms with E-state index in [9.17, 15) is 9.59 Å². The fraction of sp³-hybridized carbons (Fsp3) is 0.556. The number of nitrogens with one attached hydrogen (secondary N) is 3. The molecule has 2 aliphatic rings. The number of carbonyl (C=O) groups excluding carboxylic acids is 2. The second kappa shape index (κ2) is 11.0. The summed E-state index contributed by atoms with van der Waals surface area (Å²) in [7, 11) is 1.77. The Balaban J connectivity index is 1.50. The van der Waals surface area contributed by atoms with Crippen LogP contribution in [-0.4, -0.2) is 47.4 Å². The van der Waals surface area contributed by atoms with Crippen LogP contribution in [0.25, 0.3) is 0 Å². The molecule has 0 bridgehead atoms. The van der Waals surface area contributed by atoms with Crippen LogP contribution < -0.4 is 10.6 Å². The van der Waals surface area contributed by atoms with Crippen molar-refractivity contribution in [2.75, 3.05) is 13.6 Å². The maximum atomic E-state index is 13.8. The summed E-state index contributed by atoms with van der Waals surface area (Å²) >= 11 is 0. The van der Waals surface area contributed by atoms with Gasteiger partial charge in [0.1, 0.15) is 6.04 Å². The Morgan fingerprint density at radius 3 is 2.55 bits per heavy atom. The highest BCUT2D eigenvalue weighted by molar-refractivity contribution is 5.90. The summed E-state index contributed by atoms with van der Waals surface area (Å²) in [4.78, 5) is 32.0. The largest absolute Gasteiger partial charge is 0.363 e. The molecule has 0 radical (unpaired) electrons. The first-order chi connectivity index (χ1) is 16.1. The van der Waals surface area contributed by atoms with Crippen LogP contribution in [0.2, 0.25) is 0 Å². The monoisotopic (exact) mass is 450 g/mol. The second-order valence-electron chi connectivity index (χ2n) is 9.71. The Kier molecular flexibility index (Phi) is 7.86. The third-order valence-corrected chi connectivity index (χ3v) is 7.42. The number of benzene rings is 1. The van der Waals surface area contributed by atoms with E-state index < -0.39 is 6.04 Å². The highest BCUT2D eigenvalue weighted by atomic mass is 16.2. The van der Waals surface area contributed by atoms with E-state index in [-0.39, 0.29) is 29.8 Å². The van der Waals surface area contributed by atoms with Crippen LogP contribution in [0.1, 0.15) is 74.7 Å². The average Bonchev–Trinajstić information content (AvgIpc) is 3.52. The molecule has 2 fully saturated rings. The van der Waals surface area contributed by atoms with Gasteiger partial charge in [0.2, 0.25) is 11.8 Å². The summed E-state index contributed by atoms with van der Waals surface area (Å²) in [5.41, 5.74) is 3.61. The van der Waals surface area contributed by atoms with Crippen molar-refractivity contribution in [2.24, 2.45) is 5.92 Å². The summed E-state index contributed by atoms with van der Waals surface area (Å²) in [6.45, 7) is 2.58. The molecule has 2 aromatic rings. The minimum atomic E-state index is -0.437. The number of nitrogens with zero attached hydrogens (tertiary/aromatic N) is 1. The zero-order valence-corrected chi connectivity index (χ0v) is 20.0. The summed E-state index contributed by atoms with van der Waals surface area (Å²) < 4.78 is 0. The van der Waals surface area contributed by atoms with Gasteiger partial charge in [0, 0.05) is 18.4 Å². The highest BCUT2D eigenvalue weighted by Gasteiger charge is 2.39. The van der Waals surface area contributed by atoms with E-state index in [4.69, 9.17) is 0 Å². The van der Waals surface area contributed by atoms with E-state index in [0.29, 0.717) is 0 Å².